The van der Waals surface area contributed by atoms with E-state index in [2.05, 4.69) is 21.9 Å². The lowest BCUT2D eigenvalue weighted by Crippen LogP contribution is -2.42. The summed E-state index contributed by atoms with van der Waals surface area (Å²) in [6.07, 6.45) is 8.69. The normalized spacial score (nSPS) is 17.1. The van der Waals surface area contributed by atoms with Crippen LogP contribution in [-0.2, 0) is 10.0 Å². The highest BCUT2D eigenvalue weighted by Gasteiger charge is 2.26. The number of sulfonamides is 1. The molecule has 0 atom stereocenters. The molecule has 1 aromatic carbocycles. The molecular formula is C21H25FN4O2S. The molecule has 1 aromatic heterocycles. The minimum Gasteiger partial charge on any atom is -0.382 e. The fourth-order valence-electron chi connectivity index (χ4n) is 3.43. The van der Waals surface area contributed by atoms with Crippen LogP contribution in [0.1, 0.15) is 25.3 Å². The zero-order valence-corrected chi connectivity index (χ0v) is 17.2. The van der Waals surface area contributed by atoms with Gasteiger partial charge in [-0.25, -0.2) is 17.1 Å². The van der Waals surface area contributed by atoms with E-state index in [-0.39, 0.29) is 11.8 Å². The average molecular weight is 417 g/mol. The van der Waals surface area contributed by atoms with Gasteiger partial charge in [0.15, 0.2) is 0 Å². The van der Waals surface area contributed by atoms with Crippen LogP contribution >= 0.6 is 0 Å². The van der Waals surface area contributed by atoms with Crippen LogP contribution in [0.3, 0.4) is 0 Å². The lowest BCUT2D eigenvalue weighted by atomic mass is 10.0. The van der Waals surface area contributed by atoms with Crippen LogP contribution in [0.25, 0.3) is 16.8 Å². The molecule has 6 nitrogen and oxygen atoms in total. The summed E-state index contributed by atoms with van der Waals surface area (Å²) in [6, 6.07) is 5.78. The Balaban J connectivity index is 1.83. The van der Waals surface area contributed by atoms with E-state index in [1.54, 1.807) is 23.6 Å². The summed E-state index contributed by atoms with van der Waals surface area (Å²) in [7, 11) is -3.15. The lowest BCUT2D eigenvalue weighted by Gasteiger charge is -2.32. The van der Waals surface area contributed by atoms with Crippen molar-refractivity contribution in [2.45, 2.75) is 25.8 Å². The van der Waals surface area contributed by atoms with Crippen molar-refractivity contribution < 1.29 is 12.8 Å². The molecule has 1 fully saturated rings. The second kappa shape index (κ2) is 9.28. The zero-order chi connectivity index (χ0) is 20.9. The van der Waals surface area contributed by atoms with Gasteiger partial charge in [-0.1, -0.05) is 6.58 Å². The summed E-state index contributed by atoms with van der Waals surface area (Å²) in [6.45, 7) is 6.09. The van der Waals surface area contributed by atoms with Gasteiger partial charge in [-0.15, -0.1) is 0 Å². The number of hydrogen-bond donors (Lipinski definition) is 1. The number of piperidine rings is 1. The van der Waals surface area contributed by atoms with E-state index in [0.717, 1.165) is 22.7 Å². The molecule has 1 aliphatic heterocycles. The number of hydrogen-bond acceptors (Lipinski definition) is 5. The SMILES string of the molecule is C=C/N=C\C(F)=C\c1cc(NC2CCN(S(=O)(=O)CC)CC2)c2cnccc2c1. The number of halogens is 1. The number of pyridine rings is 1. The molecule has 0 bridgehead atoms. The molecule has 8 heteroatoms. The Morgan fingerprint density at radius 3 is 2.86 bits per heavy atom. The van der Waals surface area contributed by atoms with E-state index in [0.29, 0.717) is 31.5 Å². The summed E-state index contributed by atoms with van der Waals surface area (Å²) in [5.41, 5.74) is 1.55. The molecule has 0 radical (unpaired) electrons. The largest absolute Gasteiger partial charge is 0.382 e. The topological polar surface area (TPSA) is 74.7 Å². The van der Waals surface area contributed by atoms with Gasteiger partial charge in [-0.3, -0.25) is 9.98 Å². The third-order valence-electron chi connectivity index (χ3n) is 4.96. The second-order valence-electron chi connectivity index (χ2n) is 6.87. The number of nitrogens with zero attached hydrogens (tertiary/aromatic N) is 3. The maximum absolute atomic E-state index is 14.0. The summed E-state index contributed by atoms with van der Waals surface area (Å²) in [4.78, 5) is 7.90. The molecule has 1 aliphatic rings. The quantitative estimate of drug-likeness (QED) is 0.693. The van der Waals surface area contributed by atoms with Gasteiger partial charge in [-0.2, -0.15) is 0 Å². The van der Waals surface area contributed by atoms with E-state index < -0.39 is 15.9 Å². The van der Waals surface area contributed by atoms with Crippen molar-refractivity contribution >= 4 is 38.8 Å². The molecule has 29 heavy (non-hydrogen) atoms. The standard InChI is InChI=1S/C21H25FN4O2S/c1-3-23-14-18(22)12-16-11-17-5-8-24-15-20(17)21(13-16)25-19-6-9-26(10-7-19)29(27,28)4-2/h3,5,8,11-15,19,25H,1,4,6-7,9-10H2,2H3/b18-12-,23-14-. The van der Waals surface area contributed by atoms with Crippen LogP contribution in [0.4, 0.5) is 10.1 Å². The third kappa shape index (κ3) is 5.27. The van der Waals surface area contributed by atoms with Gasteiger partial charge in [-0.05, 0) is 55.0 Å². The smallest absolute Gasteiger partial charge is 0.213 e. The molecule has 0 aliphatic carbocycles. The van der Waals surface area contributed by atoms with Gasteiger partial charge in [0.05, 0.1) is 12.0 Å². The number of nitrogens with one attached hydrogen (secondary N) is 1. The molecule has 1 saturated heterocycles. The number of fused-ring (bicyclic) bond motifs is 1. The highest BCUT2D eigenvalue weighted by molar-refractivity contribution is 7.89. The highest BCUT2D eigenvalue weighted by Crippen LogP contribution is 2.28. The number of benzene rings is 1. The van der Waals surface area contributed by atoms with Crippen LogP contribution in [0.15, 0.2) is 54.2 Å². The van der Waals surface area contributed by atoms with Crippen molar-refractivity contribution in [2.75, 3.05) is 24.2 Å². The maximum atomic E-state index is 14.0. The Bertz CT molecular complexity index is 1040. The van der Waals surface area contributed by atoms with Crippen LogP contribution < -0.4 is 5.32 Å². The van der Waals surface area contributed by atoms with Gasteiger partial charge in [0.25, 0.3) is 0 Å². The van der Waals surface area contributed by atoms with Crippen molar-refractivity contribution in [1.82, 2.24) is 9.29 Å². The van der Waals surface area contributed by atoms with Gasteiger partial charge >= 0.3 is 0 Å². The average Bonchev–Trinajstić information content (AvgIpc) is 2.72. The predicted octanol–water partition coefficient (Wildman–Crippen LogP) is 3.99. The van der Waals surface area contributed by atoms with Crippen molar-refractivity contribution in [3.63, 3.8) is 0 Å². The van der Waals surface area contributed by atoms with Gasteiger partial charge in [0.2, 0.25) is 10.0 Å². The van der Waals surface area contributed by atoms with E-state index in [1.165, 1.54) is 12.3 Å². The summed E-state index contributed by atoms with van der Waals surface area (Å²) in [5.74, 6) is -0.349. The predicted molar refractivity (Wildman–Crippen MR) is 117 cm³/mol. The van der Waals surface area contributed by atoms with Crippen LogP contribution in [0.5, 0.6) is 0 Å². The van der Waals surface area contributed by atoms with Crippen LogP contribution in [-0.4, -0.2) is 48.8 Å². The zero-order valence-electron chi connectivity index (χ0n) is 16.4. The number of rotatable bonds is 7. The van der Waals surface area contributed by atoms with E-state index >= 15 is 0 Å². The van der Waals surface area contributed by atoms with Crippen molar-refractivity contribution in [3.05, 3.63) is 54.8 Å². The molecule has 0 spiro atoms. The Morgan fingerprint density at radius 1 is 1.41 bits per heavy atom. The van der Waals surface area contributed by atoms with E-state index in [9.17, 15) is 12.8 Å². The molecule has 0 amide bonds. The van der Waals surface area contributed by atoms with Crippen LogP contribution in [0, 0.1) is 0 Å². The first kappa shape index (κ1) is 21.1. The summed E-state index contributed by atoms with van der Waals surface area (Å²) >= 11 is 0. The fraction of sp³-hybridized carbons (Fsp3) is 0.333. The van der Waals surface area contributed by atoms with Gasteiger partial charge < -0.3 is 5.32 Å². The molecule has 3 rings (SSSR count). The molecule has 1 N–H and O–H groups in total. The number of allylic oxidation sites excluding steroid dienone is 1. The number of aliphatic imine (C=N–C) groups is 1. The molecule has 0 saturated carbocycles. The van der Waals surface area contributed by atoms with Gasteiger partial charge in [0, 0.05) is 48.8 Å². The molecular weight excluding hydrogens is 391 g/mol. The van der Waals surface area contributed by atoms with Gasteiger partial charge in [0.1, 0.15) is 5.83 Å². The van der Waals surface area contributed by atoms with Crippen molar-refractivity contribution in [3.8, 4) is 0 Å². The highest BCUT2D eigenvalue weighted by atomic mass is 32.2. The fourth-order valence-corrected chi connectivity index (χ4v) is 4.56. The first-order valence-electron chi connectivity index (χ1n) is 9.56. The lowest BCUT2D eigenvalue weighted by molar-refractivity contribution is 0.330. The Labute approximate surface area is 170 Å². The minimum absolute atomic E-state index is 0.122. The van der Waals surface area contributed by atoms with E-state index in [1.807, 2.05) is 18.2 Å². The van der Waals surface area contributed by atoms with Crippen LogP contribution in [0.2, 0.25) is 0 Å². The van der Waals surface area contributed by atoms with Crippen molar-refractivity contribution in [2.24, 2.45) is 4.99 Å². The molecule has 0 unspecified atom stereocenters. The first-order valence-corrected chi connectivity index (χ1v) is 11.2. The molecule has 2 heterocycles. The Kier molecular flexibility index (Phi) is 6.76. The molecule has 154 valence electrons. The summed E-state index contributed by atoms with van der Waals surface area (Å²) in [5, 5.41) is 5.39. The second-order valence-corrected chi connectivity index (χ2v) is 9.13. The van der Waals surface area contributed by atoms with E-state index in [4.69, 9.17) is 0 Å². The minimum atomic E-state index is -3.15. The van der Waals surface area contributed by atoms with Crippen molar-refractivity contribution in [1.29, 1.82) is 0 Å². The number of anilines is 1. The Morgan fingerprint density at radius 2 is 2.17 bits per heavy atom. The first-order chi connectivity index (χ1) is 13.9. The summed E-state index contributed by atoms with van der Waals surface area (Å²) < 4.78 is 39.7. The third-order valence-corrected chi connectivity index (χ3v) is 6.84. The molecule has 2 aromatic rings. The number of aromatic nitrogens is 1. The Hall–Kier alpha value is -2.58. The monoisotopic (exact) mass is 416 g/mol. The maximum Gasteiger partial charge on any atom is 0.213 e.